The predicted octanol–water partition coefficient (Wildman–Crippen LogP) is 2.10. The van der Waals surface area contributed by atoms with Crippen LogP contribution in [-0.4, -0.2) is 18.4 Å². The van der Waals surface area contributed by atoms with Crippen LogP contribution in [0.15, 0.2) is 0 Å². The highest BCUT2D eigenvalue weighted by atomic mass is 16.8. The van der Waals surface area contributed by atoms with Crippen LogP contribution in [0.5, 0.6) is 0 Å². The highest BCUT2D eigenvalue weighted by Gasteiger charge is 2.44. The van der Waals surface area contributed by atoms with E-state index in [1.165, 1.54) is 0 Å². The highest BCUT2D eigenvalue weighted by Crippen LogP contribution is 2.37. The Balaban J connectivity index is 1.99. The van der Waals surface area contributed by atoms with E-state index in [0.717, 1.165) is 31.6 Å². The Hall–Kier alpha value is -0.730. The summed E-state index contributed by atoms with van der Waals surface area (Å²) in [5, 5.41) is 0. The molecule has 0 aromatic carbocycles. The molecule has 1 saturated heterocycles. The monoisotopic (exact) mass is 170 g/mol. The lowest BCUT2D eigenvalue weighted by Crippen LogP contribution is -2.36. The van der Waals surface area contributed by atoms with Crippen LogP contribution in [0, 0.1) is 5.92 Å². The van der Waals surface area contributed by atoms with Crippen molar-refractivity contribution in [3.05, 3.63) is 0 Å². The number of hydrogen-bond donors (Lipinski definition) is 0. The van der Waals surface area contributed by atoms with Gasteiger partial charge in [-0.2, -0.15) is 0 Å². The molecule has 0 unspecified atom stereocenters. The van der Waals surface area contributed by atoms with Gasteiger partial charge in [0.1, 0.15) is 12.2 Å². The molecule has 2 aliphatic rings. The van der Waals surface area contributed by atoms with Gasteiger partial charge in [-0.3, -0.25) is 0 Å². The fourth-order valence-electron chi connectivity index (χ4n) is 1.96. The molecule has 2 rings (SSSR count). The summed E-state index contributed by atoms with van der Waals surface area (Å²) < 4.78 is 10.00. The van der Waals surface area contributed by atoms with Crippen molar-refractivity contribution in [3.8, 4) is 0 Å². The summed E-state index contributed by atoms with van der Waals surface area (Å²) in [5.74, 6) is 0.773. The molecule has 0 aromatic rings. The molecule has 12 heavy (non-hydrogen) atoms. The van der Waals surface area contributed by atoms with E-state index in [4.69, 9.17) is 9.47 Å². The molecule has 1 saturated carbocycles. The second-order valence-corrected chi connectivity index (χ2v) is 4.01. The third-order valence-corrected chi connectivity index (χ3v) is 2.94. The minimum atomic E-state index is -0.482. The van der Waals surface area contributed by atoms with E-state index in [9.17, 15) is 4.79 Å². The lowest BCUT2D eigenvalue weighted by atomic mass is 9.80. The van der Waals surface area contributed by atoms with E-state index in [2.05, 4.69) is 6.92 Å². The standard InChI is InChI=1S/C9H14O3/c1-7-2-4-9(5-3-7)6-11-8(10)12-9/h7H,2-6H2,1H3. The first-order valence-corrected chi connectivity index (χ1v) is 4.56. The van der Waals surface area contributed by atoms with E-state index in [1.807, 2.05) is 0 Å². The summed E-state index contributed by atoms with van der Waals surface area (Å²) >= 11 is 0. The SMILES string of the molecule is CC1CCC2(CC1)COC(=O)O2. The molecule has 0 amide bonds. The second kappa shape index (κ2) is 2.64. The molecule has 0 atom stereocenters. The Morgan fingerprint density at radius 1 is 1.42 bits per heavy atom. The van der Waals surface area contributed by atoms with Gasteiger partial charge in [-0.05, 0) is 31.6 Å². The molecule has 1 aliphatic carbocycles. The lowest BCUT2D eigenvalue weighted by molar-refractivity contribution is 0.0151. The average molecular weight is 170 g/mol. The van der Waals surface area contributed by atoms with Gasteiger partial charge in [0, 0.05) is 0 Å². The van der Waals surface area contributed by atoms with Crippen molar-refractivity contribution in [2.24, 2.45) is 5.92 Å². The van der Waals surface area contributed by atoms with Crippen LogP contribution >= 0.6 is 0 Å². The minimum absolute atomic E-state index is 0.246. The van der Waals surface area contributed by atoms with Gasteiger partial charge in [0.05, 0.1) is 0 Å². The van der Waals surface area contributed by atoms with E-state index in [0.29, 0.717) is 6.61 Å². The van der Waals surface area contributed by atoms with Crippen LogP contribution in [-0.2, 0) is 9.47 Å². The molecule has 2 fully saturated rings. The summed E-state index contributed by atoms with van der Waals surface area (Å²) in [6.45, 7) is 2.71. The van der Waals surface area contributed by atoms with Gasteiger partial charge in [0.2, 0.25) is 0 Å². The smallest absolute Gasteiger partial charge is 0.430 e. The van der Waals surface area contributed by atoms with Crippen molar-refractivity contribution in [3.63, 3.8) is 0 Å². The topological polar surface area (TPSA) is 35.5 Å². The molecule has 68 valence electrons. The first-order valence-electron chi connectivity index (χ1n) is 4.56. The summed E-state index contributed by atoms with van der Waals surface area (Å²) in [6, 6.07) is 0. The van der Waals surface area contributed by atoms with Crippen molar-refractivity contribution in [1.82, 2.24) is 0 Å². The molecule has 0 N–H and O–H groups in total. The predicted molar refractivity (Wildman–Crippen MR) is 42.8 cm³/mol. The Morgan fingerprint density at radius 3 is 2.58 bits per heavy atom. The van der Waals surface area contributed by atoms with Crippen LogP contribution in [0.25, 0.3) is 0 Å². The van der Waals surface area contributed by atoms with Gasteiger partial charge >= 0.3 is 6.16 Å². The number of rotatable bonds is 0. The largest absolute Gasteiger partial charge is 0.509 e. The third kappa shape index (κ3) is 1.28. The van der Waals surface area contributed by atoms with Crippen molar-refractivity contribution in [2.45, 2.75) is 38.2 Å². The summed E-state index contributed by atoms with van der Waals surface area (Å²) in [6.07, 6.45) is 3.76. The van der Waals surface area contributed by atoms with Crippen LogP contribution in [0.2, 0.25) is 0 Å². The Labute approximate surface area is 72.0 Å². The van der Waals surface area contributed by atoms with Gasteiger partial charge in [-0.15, -0.1) is 0 Å². The van der Waals surface area contributed by atoms with Crippen LogP contribution in [0.3, 0.4) is 0 Å². The van der Waals surface area contributed by atoms with Crippen molar-refractivity contribution in [1.29, 1.82) is 0 Å². The molecule has 3 nitrogen and oxygen atoms in total. The van der Waals surface area contributed by atoms with Crippen LogP contribution < -0.4 is 0 Å². The zero-order valence-electron chi connectivity index (χ0n) is 7.34. The Bertz CT molecular complexity index is 192. The third-order valence-electron chi connectivity index (χ3n) is 2.94. The Morgan fingerprint density at radius 2 is 2.08 bits per heavy atom. The van der Waals surface area contributed by atoms with E-state index in [1.54, 1.807) is 0 Å². The molecular formula is C9H14O3. The fourth-order valence-corrected chi connectivity index (χ4v) is 1.96. The van der Waals surface area contributed by atoms with E-state index in [-0.39, 0.29) is 5.60 Å². The first kappa shape index (κ1) is 7.90. The van der Waals surface area contributed by atoms with Gasteiger partial charge in [0.15, 0.2) is 0 Å². The molecule has 0 bridgehead atoms. The quantitative estimate of drug-likeness (QED) is 0.522. The zero-order valence-corrected chi connectivity index (χ0v) is 7.34. The molecule has 1 spiro atoms. The summed E-state index contributed by atoms with van der Waals surface area (Å²) in [4.78, 5) is 10.8. The minimum Gasteiger partial charge on any atom is -0.430 e. The molecule has 0 aromatic heterocycles. The molecular weight excluding hydrogens is 156 g/mol. The van der Waals surface area contributed by atoms with E-state index < -0.39 is 6.16 Å². The maximum absolute atomic E-state index is 10.8. The number of ether oxygens (including phenoxy) is 2. The fraction of sp³-hybridized carbons (Fsp3) is 0.889. The zero-order chi connectivity index (χ0) is 8.60. The number of carbonyl (C=O) groups excluding carboxylic acids is 1. The average Bonchev–Trinajstić information content (AvgIpc) is 2.40. The van der Waals surface area contributed by atoms with Crippen LogP contribution in [0.1, 0.15) is 32.6 Å². The maximum Gasteiger partial charge on any atom is 0.509 e. The lowest BCUT2D eigenvalue weighted by Gasteiger charge is -2.32. The highest BCUT2D eigenvalue weighted by molar-refractivity contribution is 5.62. The summed E-state index contributed by atoms with van der Waals surface area (Å²) in [7, 11) is 0. The second-order valence-electron chi connectivity index (χ2n) is 4.01. The molecule has 1 aliphatic heterocycles. The van der Waals surface area contributed by atoms with Crippen molar-refractivity contribution in [2.75, 3.05) is 6.61 Å². The number of hydrogen-bond acceptors (Lipinski definition) is 3. The van der Waals surface area contributed by atoms with Crippen molar-refractivity contribution < 1.29 is 14.3 Å². The van der Waals surface area contributed by atoms with Gasteiger partial charge in [-0.1, -0.05) is 6.92 Å². The first-order chi connectivity index (χ1) is 5.70. The van der Waals surface area contributed by atoms with E-state index >= 15 is 0 Å². The van der Waals surface area contributed by atoms with Gasteiger partial charge in [0.25, 0.3) is 0 Å². The number of cyclic esters (lactones) is 1. The number of carbonyl (C=O) groups is 1. The molecule has 0 radical (unpaired) electrons. The molecule has 1 heterocycles. The van der Waals surface area contributed by atoms with Gasteiger partial charge in [-0.25, -0.2) is 4.79 Å². The normalized spacial score (nSPS) is 41.1. The Kier molecular flexibility index (Phi) is 1.74. The summed E-state index contributed by atoms with van der Waals surface area (Å²) in [5.41, 5.74) is -0.246. The van der Waals surface area contributed by atoms with Crippen LogP contribution in [0.4, 0.5) is 4.79 Å². The van der Waals surface area contributed by atoms with Crippen molar-refractivity contribution >= 4 is 6.16 Å². The van der Waals surface area contributed by atoms with Gasteiger partial charge < -0.3 is 9.47 Å². The molecule has 3 heteroatoms. The maximum atomic E-state index is 10.8.